The van der Waals surface area contributed by atoms with Crippen molar-refractivity contribution in [2.24, 2.45) is 0 Å². The molecule has 0 saturated carbocycles. The van der Waals surface area contributed by atoms with E-state index in [9.17, 15) is 0 Å². The summed E-state index contributed by atoms with van der Waals surface area (Å²) in [7, 11) is 0. The van der Waals surface area contributed by atoms with Crippen LogP contribution in [0.4, 0.5) is 0 Å². The van der Waals surface area contributed by atoms with Crippen molar-refractivity contribution in [2.75, 3.05) is 13.1 Å². The van der Waals surface area contributed by atoms with Gasteiger partial charge in [0.1, 0.15) is 11.3 Å². The molecule has 3 heterocycles. The van der Waals surface area contributed by atoms with E-state index in [1.54, 1.807) is 0 Å². The summed E-state index contributed by atoms with van der Waals surface area (Å²) in [6, 6.07) is 2.59. The first kappa shape index (κ1) is 13.8. The molecule has 1 unspecified atom stereocenters. The zero-order valence-electron chi connectivity index (χ0n) is 12.1. The lowest BCUT2D eigenvalue weighted by Gasteiger charge is -2.23. The molecule has 5 heteroatoms. The first-order valence-corrected chi connectivity index (χ1v) is 7.88. The average molecular weight is 293 g/mol. The first-order valence-electron chi connectivity index (χ1n) is 7.35. The third-order valence-corrected chi connectivity index (χ3v) is 4.57. The maximum atomic E-state index is 6.09. The molecule has 1 atom stereocenters. The Morgan fingerprint density at radius 2 is 2.30 bits per heavy atom. The van der Waals surface area contributed by atoms with Crippen molar-refractivity contribution in [3.8, 4) is 0 Å². The SMILES string of the molecule is CCN1CCCC1Cn1c(CCl)nc2c(C)ccnc21. The topological polar surface area (TPSA) is 34.0 Å². The standard InChI is InChI=1S/C15H21ClN4/c1-3-19-8-4-5-12(19)10-20-13(9-16)18-14-11(2)6-7-17-15(14)20/h6-7,12H,3-5,8-10H2,1-2H3. The van der Waals surface area contributed by atoms with Crippen LogP contribution in [0.15, 0.2) is 12.3 Å². The fraction of sp³-hybridized carbons (Fsp3) is 0.600. The van der Waals surface area contributed by atoms with Gasteiger partial charge in [0.15, 0.2) is 5.65 Å². The number of rotatable bonds is 4. The highest BCUT2D eigenvalue weighted by atomic mass is 35.5. The van der Waals surface area contributed by atoms with Crippen LogP contribution in [0, 0.1) is 6.92 Å². The minimum Gasteiger partial charge on any atom is -0.310 e. The van der Waals surface area contributed by atoms with Gasteiger partial charge in [0.25, 0.3) is 0 Å². The van der Waals surface area contributed by atoms with Gasteiger partial charge < -0.3 is 4.57 Å². The van der Waals surface area contributed by atoms with Crippen molar-refractivity contribution in [3.05, 3.63) is 23.7 Å². The number of fused-ring (bicyclic) bond motifs is 1. The molecule has 108 valence electrons. The lowest BCUT2D eigenvalue weighted by atomic mass is 10.2. The lowest BCUT2D eigenvalue weighted by Crippen LogP contribution is -2.33. The summed E-state index contributed by atoms with van der Waals surface area (Å²) in [5, 5.41) is 0. The van der Waals surface area contributed by atoms with Crippen LogP contribution in [-0.2, 0) is 12.4 Å². The summed E-state index contributed by atoms with van der Waals surface area (Å²) in [4.78, 5) is 11.7. The van der Waals surface area contributed by atoms with Crippen molar-refractivity contribution in [1.29, 1.82) is 0 Å². The number of likely N-dealkylation sites (N-methyl/N-ethyl adjacent to an activating group) is 1. The summed E-state index contributed by atoms with van der Waals surface area (Å²) in [6.45, 7) is 7.57. The third kappa shape index (κ3) is 2.31. The van der Waals surface area contributed by atoms with Gasteiger partial charge in [-0.2, -0.15) is 0 Å². The zero-order valence-corrected chi connectivity index (χ0v) is 12.9. The van der Waals surface area contributed by atoms with E-state index in [1.807, 2.05) is 12.3 Å². The maximum Gasteiger partial charge on any atom is 0.160 e. The van der Waals surface area contributed by atoms with Crippen LogP contribution >= 0.6 is 11.6 Å². The van der Waals surface area contributed by atoms with Crippen LogP contribution in [0.2, 0.25) is 0 Å². The summed E-state index contributed by atoms with van der Waals surface area (Å²) < 4.78 is 2.22. The average Bonchev–Trinajstić information content (AvgIpc) is 3.05. The van der Waals surface area contributed by atoms with Crippen LogP contribution in [0.5, 0.6) is 0 Å². The number of halogens is 1. The minimum atomic E-state index is 0.439. The molecule has 1 aliphatic rings. The second-order valence-electron chi connectivity index (χ2n) is 5.50. The quantitative estimate of drug-likeness (QED) is 0.813. The fourth-order valence-corrected chi connectivity index (χ4v) is 3.41. The molecule has 1 fully saturated rings. The maximum absolute atomic E-state index is 6.09. The smallest absolute Gasteiger partial charge is 0.160 e. The molecule has 4 nitrogen and oxygen atoms in total. The zero-order chi connectivity index (χ0) is 14.1. The van der Waals surface area contributed by atoms with Crippen molar-refractivity contribution in [2.45, 2.75) is 45.2 Å². The van der Waals surface area contributed by atoms with E-state index in [-0.39, 0.29) is 0 Å². The number of aryl methyl sites for hydroxylation is 1. The largest absolute Gasteiger partial charge is 0.310 e. The Bertz CT molecular complexity index is 607. The van der Waals surface area contributed by atoms with Gasteiger partial charge >= 0.3 is 0 Å². The normalized spacial score (nSPS) is 20.1. The first-order chi connectivity index (χ1) is 9.74. The predicted octanol–water partition coefficient (Wildman–Crippen LogP) is 2.96. The highest BCUT2D eigenvalue weighted by Crippen LogP contribution is 2.23. The molecule has 3 rings (SSSR count). The van der Waals surface area contributed by atoms with E-state index < -0.39 is 0 Å². The molecule has 0 bridgehead atoms. The van der Waals surface area contributed by atoms with Gasteiger partial charge in [-0.1, -0.05) is 6.92 Å². The monoisotopic (exact) mass is 292 g/mol. The number of pyridine rings is 1. The van der Waals surface area contributed by atoms with Gasteiger partial charge in [-0.25, -0.2) is 9.97 Å². The van der Waals surface area contributed by atoms with E-state index >= 15 is 0 Å². The van der Waals surface area contributed by atoms with Crippen molar-refractivity contribution in [1.82, 2.24) is 19.4 Å². The van der Waals surface area contributed by atoms with Gasteiger partial charge in [0, 0.05) is 18.8 Å². The molecule has 0 radical (unpaired) electrons. The number of nitrogens with zero attached hydrogens (tertiary/aromatic N) is 4. The molecular weight excluding hydrogens is 272 g/mol. The van der Waals surface area contributed by atoms with Gasteiger partial charge in [0.2, 0.25) is 0 Å². The number of imidazole rings is 1. The lowest BCUT2D eigenvalue weighted by molar-refractivity contribution is 0.244. The number of hydrogen-bond acceptors (Lipinski definition) is 3. The van der Waals surface area contributed by atoms with Crippen LogP contribution < -0.4 is 0 Å². The third-order valence-electron chi connectivity index (χ3n) is 4.33. The molecule has 1 saturated heterocycles. The molecule has 0 amide bonds. The molecule has 0 aromatic carbocycles. The molecule has 0 aliphatic carbocycles. The molecule has 2 aromatic rings. The molecular formula is C15H21ClN4. The van der Waals surface area contributed by atoms with Crippen LogP contribution in [-0.4, -0.2) is 38.6 Å². The second-order valence-corrected chi connectivity index (χ2v) is 5.76. The minimum absolute atomic E-state index is 0.439. The summed E-state index contributed by atoms with van der Waals surface area (Å²) in [5.41, 5.74) is 3.13. The number of hydrogen-bond donors (Lipinski definition) is 0. The van der Waals surface area contributed by atoms with Gasteiger partial charge in [-0.15, -0.1) is 11.6 Å². The molecule has 0 N–H and O–H groups in total. The Kier molecular flexibility index (Phi) is 3.94. The Labute approximate surface area is 124 Å². The molecule has 2 aromatic heterocycles. The van der Waals surface area contributed by atoms with Gasteiger partial charge in [-0.05, 0) is 44.5 Å². The number of likely N-dealkylation sites (tertiary alicyclic amines) is 1. The van der Waals surface area contributed by atoms with Crippen molar-refractivity contribution in [3.63, 3.8) is 0 Å². The summed E-state index contributed by atoms with van der Waals surface area (Å²) in [6.07, 6.45) is 4.40. The van der Waals surface area contributed by atoms with Crippen molar-refractivity contribution < 1.29 is 0 Å². The van der Waals surface area contributed by atoms with Crippen LogP contribution in [0.25, 0.3) is 11.2 Å². The predicted molar refractivity (Wildman–Crippen MR) is 82.1 cm³/mol. The molecule has 20 heavy (non-hydrogen) atoms. The van der Waals surface area contributed by atoms with Crippen LogP contribution in [0.1, 0.15) is 31.2 Å². The van der Waals surface area contributed by atoms with E-state index in [1.165, 1.54) is 24.9 Å². The summed E-state index contributed by atoms with van der Waals surface area (Å²) >= 11 is 6.09. The van der Waals surface area contributed by atoms with E-state index in [2.05, 4.69) is 33.3 Å². The fourth-order valence-electron chi connectivity index (χ4n) is 3.21. The summed E-state index contributed by atoms with van der Waals surface area (Å²) in [5.74, 6) is 1.38. The Balaban J connectivity index is 1.99. The van der Waals surface area contributed by atoms with Crippen molar-refractivity contribution >= 4 is 22.8 Å². The Morgan fingerprint density at radius 1 is 1.45 bits per heavy atom. The molecule has 0 spiro atoms. The second kappa shape index (κ2) is 5.70. The van der Waals surface area contributed by atoms with E-state index in [4.69, 9.17) is 11.6 Å². The number of aromatic nitrogens is 3. The van der Waals surface area contributed by atoms with E-state index in [0.29, 0.717) is 11.9 Å². The van der Waals surface area contributed by atoms with E-state index in [0.717, 1.165) is 30.1 Å². The highest BCUT2D eigenvalue weighted by molar-refractivity contribution is 6.16. The van der Waals surface area contributed by atoms with Gasteiger partial charge in [-0.3, -0.25) is 4.90 Å². The Hall–Kier alpha value is -1.13. The number of alkyl halides is 1. The van der Waals surface area contributed by atoms with Gasteiger partial charge in [0.05, 0.1) is 5.88 Å². The van der Waals surface area contributed by atoms with Crippen LogP contribution in [0.3, 0.4) is 0 Å². The molecule has 1 aliphatic heterocycles. The Morgan fingerprint density at radius 3 is 3.05 bits per heavy atom. The highest BCUT2D eigenvalue weighted by Gasteiger charge is 2.25.